The number of carboxylic acids is 2. The fraction of sp³-hybridized carbons (Fsp3) is 0.400. The molecule has 126 valence electrons. The Morgan fingerprint density at radius 2 is 1.45 bits per heavy atom. The maximum atomic E-state index is 10.8. The lowest BCUT2D eigenvalue weighted by Crippen LogP contribution is -2.20. The molecule has 0 radical (unpaired) electrons. The molecule has 0 saturated heterocycles. The third-order valence-electron chi connectivity index (χ3n) is 1.66. The van der Waals surface area contributed by atoms with E-state index in [0.29, 0.717) is 12.2 Å². The van der Waals surface area contributed by atoms with Crippen LogP contribution in [0.1, 0.15) is 13.8 Å². The average Bonchev–Trinajstić information content (AvgIpc) is 2.39. The lowest BCUT2D eigenvalue weighted by molar-refractivity contribution is -0.139. The van der Waals surface area contributed by atoms with E-state index in [1.165, 1.54) is 6.92 Å². The highest BCUT2D eigenvalue weighted by Crippen LogP contribution is 1.91. The fourth-order valence-electron chi connectivity index (χ4n) is 0.444. The van der Waals surface area contributed by atoms with Crippen LogP contribution in [0.4, 0.5) is 0 Å². The van der Waals surface area contributed by atoms with E-state index in [2.05, 4.69) is 19.7 Å². The summed E-state index contributed by atoms with van der Waals surface area (Å²) in [5, 5.41) is 15.5. The van der Waals surface area contributed by atoms with Gasteiger partial charge in [-0.2, -0.15) is 0 Å². The van der Waals surface area contributed by atoms with Gasteiger partial charge in [0, 0.05) is 23.8 Å². The van der Waals surface area contributed by atoms with Gasteiger partial charge in [-0.25, -0.2) is 14.4 Å². The van der Waals surface area contributed by atoms with Crippen molar-refractivity contribution in [1.82, 2.24) is 4.90 Å². The molecule has 0 aromatic rings. The highest BCUT2D eigenvalue weighted by atomic mass is 16.5. The Hall–Kier alpha value is -2.41. The number of aliphatic carboxylic acids is 2. The van der Waals surface area contributed by atoms with Crippen LogP contribution in [0.3, 0.4) is 0 Å². The number of hydrogen-bond acceptors (Lipinski definition) is 5. The van der Waals surface area contributed by atoms with E-state index in [9.17, 15) is 14.4 Å². The van der Waals surface area contributed by atoms with Crippen molar-refractivity contribution in [2.75, 3.05) is 27.2 Å². The quantitative estimate of drug-likeness (QED) is 0.566. The van der Waals surface area contributed by atoms with Crippen LogP contribution in [-0.4, -0.2) is 60.3 Å². The van der Waals surface area contributed by atoms with Crippen LogP contribution in [0.15, 0.2) is 37.0 Å². The normalized spacial score (nSPS) is 8.41. The summed E-state index contributed by atoms with van der Waals surface area (Å²) in [6.45, 7) is 13.8. The minimum atomic E-state index is -0.981. The molecule has 22 heavy (non-hydrogen) atoms. The van der Waals surface area contributed by atoms with Gasteiger partial charge in [-0.15, -0.1) is 0 Å². The van der Waals surface area contributed by atoms with Gasteiger partial charge < -0.3 is 19.8 Å². The number of carbonyl (C=O) groups is 3. The standard InChI is InChI=1S/C8H15NO2.C4H6O2.C3H4O2/c1-7(2)8(10)11-6-5-9(3)4;1-3(2)4(5)6;1-2-3(4)5/h1,5-6H2,2-4H3;1H2,2H3,(H,5,6);2H,1H2,(H,4,5). The van der Waals surface area contributed by atoms with E-state index in [1.807, 2.05) is 19.0 Å². The minimum Gasteiger partial charge on any atom is -0.478 e. The number of esters is 1. The summed E-state index contributed by atoms with van der Waals surface area (Å²) in [5.74, 6) is -2.23. The average molecular weight is 315 g/mol. The molecule has 0 spiro atoms. The van der Waals surface area contributed by atoms with Gasteiger partial charge in [0.2, 0.25) is 0 Å². The van der Waals surface area contributed by atoms with E-state index in [-0.39, 0.29) is 11.5 Å². The highest BCUT2D eigenvalue weighted by molar-refractivity contribution is 5.86. The van der Waals surface area contributed by atoms with Crippen molar-refractivity contribution in [2.45, 2.75) is 13.8 Å². The van der Waals surface area contributed by atoms with Crippen LogP contribution >= 0.6 is 0 Å². The van der Waals surface area contributed by atoms with Gasteiger partial charge >= 0.3 is 17.9 Å². The van der Waals surface area contributed by atoms with Gasteiger partial charge in [0.05, 0.1) is 0 Å². The summed E-state index contributed by atoms with van der Waals surface area (Å²) in [6.07, 6.45) is 0.833. The number of carbonyl (C=O) groups excluding carboxylic acids is 1. The Kier molecular flexibility index (Phi) is 16.8. The molecule has 7 nitrogen and oxygen atoms in total. The van der Waals surface area contributed by atoms with Gasteiger partial charge in [0.15, 0.2) is 0 Å². The smallest absolute Gasteiger partial charge is 0.333 e. The van der Waals surface area contributed by atoms with Crippen LogP contribution in [0.5, 0.6) is 0 Å². The van der Waals surface area contributed by atoms with Crippen molar-refractivity contribution in [1.29, 1.82) is 0 Å². The molecule has 2 N–H and O–H groups in total. The molecule has 0 fully saturated rings. The molecule has 0 aliphatic heterocycles. The Morgan fingerprint density at radius 3 is 1.64 bits per heavy atom. The van der Waals surface area contributed by atoms with E-state index in [0.717, 1.165) is 12.6 Å². The van der Waals surface area contributed by atoms with Gasteiger partial charge in [-0.05, 0) is 27.9 Å². The van der Waals surface area contributed by atoms with Crippen LogP contribution < -0.4 is 0 Å². The second-order valence-corrected chi connectivity index (χ2v) is 4.35. The maximum absolute atomic E-state index is 10.8. The molecule has 0 saturated carbocycles. The molecule has 0 aromatic carbocycles. The number of carboxylic acid groups (broad SMARTS) is 2. The summed E-state index contributed by atoms with van der Waals surface area (Å²) in [4.78, 5) is 31.6. The van der Waals surface area contributed by atoms with Crippen LogP contribution in [0, 0.1) is 0 Å². The molecule has 0 aromatic heterocycles. The summed E-state index contributed by atoms with van der Waals surface area (Å²) >= 11 is 0. The largest absolute Gasteiger partial charge is 0.478 e. The SMILES string of the molecule is C=C(C)C(=O)O.C=C(C)C(=O)OCCN(C)C.C=CC(=O)O. The Balaban J connectivity index is -0.000000277. The summed E-state index contributed by atoms with van der Waals surface area (Å²) in [6, 6.07) is 0. The summed E-state index contributed by atoms with van der Waals surface area (Å²) < 4.78 is 4.83. The predicted molar refractivity (Wildman–Crippen MR) is 84.6 cm³/mol. The van der Waals surface area contributed by atoms with Gasteiger partial charge in [-0.3, -0.25) is 0 Å². The highest BCUT2D eigenvalue weighted by Gasteiger charge is 2.01. The number of nitrogens with zero attached hydrogens (tertiary/aromatic N) is 1. The van der Waals surface area contributed by atoms with Gasteiger partial charge in [0.1, 0.15) is 6.61 Å². The molecule has 0 amide bonds. The van der Waals surface area contributed by atoms with Crippen molar-refractivity contribution < 1.29 is 29.3 Å². The molecular weight excluding hydrogens is 290 g/mol. The number of rotatable bonds is 6. The van der Waals surface area contributed by atoms with Crippen LogP contribution in [0.2, 0.25) is 0 Å². The zero-order valence-electron chi connectivity index (χ0n) is 13.6. The first kappa shape index (κ1) is 24.6. The second kappa shape index (κ2) is 15.0. The van der Waals surface area contributed by atoms with E-state index in [4.69, 9.17) is 14.9 Å². The van der Waals surface area contributed by atoms with E-state index in [1.54, 1.807) is 6.92 Å². The first-order valence-corrected chi connectivity index (χ1v) is 6.17. The van der Waals surface area contributed by atoms with Crippen molar-refractivity contribution in [3.05, 3.63) is 37.0 Å². The topological polar surface area (TPSA) is 104 Å². The third kappa shape index (κ3) is 26.2. The van der Waals surface area contributed by atoms with Gasteiger partial charge in [0.25, 0.3) is 0 Å². The molecule has 0 aliphatic rings. The Labute approximate surface area is 131 Å². The van der Waals surface area contributed by atoms with Crippen molar-refractivity contribution in [2.24, 2.45) is 0 Å². The van der Waals surface area contributed by atoms with Gasteiger partial charge in [-0.1, -0.05) is 19.7 Å². The maximum Gasteiger partial charge on any atom is 0.333 e. The summed E-state index contributed by atoms with van der Waals surface area (Å²) in [7, 11) is 3.85. The first-order valence-electron chi connectivity index (χ1n) is 6.17. The molecule has 7 heteroatoms. The lowest BCUT2D eigenvalue weighted by Gasteiger charge is -2.09. The monoisotopic (exact) mass is 315 g/mol. The number of hydrogen-bond donors (Lipinski definition) is 2. The zero-order chi connectivity index (χ0) is 18.3. The van der Waals surface area contributed by atoms with Crippen molar-refractivity contribution in [3.8, 4) is 0 Å². The van der Waals surface area contributed by atoms with Crippen molar-refractivity contribution in [3.63, 3.8) is 0 Å². The zero-order valence-corrected chi connectivity index (χ0v) is 13.6. The fourth-order valence-corrected chi connectivity index (χ4v) is 0.444. The molecule has 0 bridgehead atoms. The molecule has 0 atom stereocenters. The lowest BCUT2D eigenvalue weighted by atomic mass is 10.4. The third-order valence-corrected chi connectivity index (χ3v) is 1.66. The number of likely N-dealkylation sites (N-methyl/N-ethyl adjacent to an activating group) is 1. The first-order chi connectivity index (χ1) is 9.95. The second-order valence-electron chi connectivity index (χ2n) is 4.35. The predicted octanol–water partition coefficient (Wildman–Crippen LogP) is 1.57. The molecule has 0 rings (SSSR count). The Bertz CT molecular complexity index is 400. The molecular formula is C15H25NO6. The van der Waals surface area contributed by atoms with Crippen LogP contribution in [0.25, 0.3) is 0 Å². The molecule has 0 aliphatic carbocycles. The molecule has 0 heterocycles. The van der Waals surface area contributed by atoms with E-state index >= 15 is 0 Å². The Morgan fingerprint density at radius 1 is 1.09 bits per heavy atom. The molecule has 0 unspecified atom stereocenters. The van der Waals surface area contributed by atoms with E-state index < -0.39 is 11.9 Å². The minimum absolute atomic E-state index is 0.176. The summed E-state index contributed by atoms with van der Waals surface area (Å²) in [5.41, 5.74) is 0.624. The number of ether oxygens (including phenoxy) is 1. The van der Waals surface area contributed by atoms with Crippen molar-refractivity contribution >= 4 is 17.9 Å². The van der Waals surface area contributed by atoms with Crippen LogP contribution in [-0.2, 0) is 19.1 Å².